The van der Waals surface area contributed by atoms with E-state index < -0.39 is 34.4 Å². The van der Waals surface area contributed by atoms with Crippen LogP contribution in [0.4, 0.5) is 11.4 Å². The number of rotatable bonds is 22. The maximum atomic E-state index is 13.7. The van der Waals surface area contributed by atoms with Gasteiger partial charge in [0.15, 0.2) is 0 Å². The molecule has 76 heavy (non-hydrogen) atoms. The normalized spacial score (nSPS) is 14.4. The SMILES string of the molecule is COc1ccccc1N1CCN(CCCn2c(=O)c(C=NOC(=O)/C=C/C(=O)ON=Cc3cn(Cc4ccccc4)c(=O)n(CCCN4CCN(c5ccccc5OC)CC4)c3=O)cn(Cc3ccccc3)c2=O)CC1. The second kappa shape index (κ2) is 26.5. The number of carbonyl (C=O) groups excluding carboxylic acids is 2. The molecule has 0 unspecified atom stereocenters. The molecule has 2 aromatic heterocycles. The van der Waals surface area contributed by atoms with Crippen molar-refractivity contribution in [2.45, 2.75) is 39.0 Å². The number of aromatic nitrogens is 4. The molecule has 0 atom stereocenters. The molecule has 4 aromatic carbocycles. The zero-order valence-electron chi connectivity index (χ0n) is 42.7. The van der Waals surface area contributed by atoms with Gasteiger partial charge in [-0.1, -0.05) is 95.2 Å². The summed E-state index contributed by atoms with van der Waals surface area (Å²) in [6, 6.07) is 34.4. The van der Waals surface area contributed by atoms with E-state index in [1.165, 1.54) is 21.5 Å². The van der Waals surface area contributed by atoms with Crippen molar-refractivity contribution in [3.63, 3.8) is 0 Å². The van der Waals surface area contributed by atoms with Gasteiger partial charge in [0.2, 0.25) is 0 Å². The van der Waals surface area contributed by atoms with Crippen molar-refractivity contribution in [3.05, 3.63) is 198 Å². The second-order valence-corrected chi connectivity index (χ2v) is 18.2. The second-order valence-electron chi connectivity index (χ2n) is 18.2. The molecule has 20 nitrogen and oxygen atoms in total. The number of para-hydroxylation sites is 4. The maximum Gasteiger partial charge on any atom is 0.358 e. The van der Waals surface area contributed by atoms with E-state index in [1.807, 2.05) is 109 Å². The standard InChI is InChI=1S/C56H62N10O10/c1-73-49-21-11-9-19-47(49)61-33-29-59(30-34-61)25-13-27-65-53(69)45(41-63(55(65)71)39-43-15-5-3-6-16-43)37-57-75-51(67)23-24-52(68)76-58-38-46-42-64(40-44-17-7-4-8-18-44)56(72)66(54(46)70)28-14-26-60-31-35-62(36-32-60)48-20-10-12-22-50(48)74-2/h3-12,15-24,37-38,41-42H,13-14,25-36,39-40H2,1-2H3/b24-23+,57-37?,58-38?. The minimum atomic E-state index is -1.07. The Morgan fingerprint density at radius 2 is 0.855 bits per heavy atom. The number of carbonyl (C=O) groups is 2. The molecular weight excluding hydrogens is 973 g/mol. The number of oxime groups is 2. The summed E-state index contributed by atoms with van der Waals surface area (Å²) >= 11 is 0. The molecule has 2 aliphatic rings. The number of piperazine rings is 2. The first-order valence-corrected chi connectivity index (χ1v) is 25.2. The van der Waals surface area contributed by atoms with E-state index in [4.69, 9.17) is 19.1 Å². The molecule has 0 amide bonds. The summed E-state index contributed by atoms with van der Waals surface area (Å²) in [6.07, 6.45) is 7.38. The molecule has 0 bridgehead atoms. The fourth-order valence-corrected chi connectivity index (χ4v) is 9.29. The lowest BCUT2D eigenvalue weighted by Gasteiger charge is -2.36. The van der Waals surface area contributed by atoms with Crippen LogP contribution < -0.4 is 41.8 Å². The number of methoxy groups -OCH3 is 2. The van der Waals surface area contributed by atoms with E-state index in [0.29, 0.717) is 25.9 Å². The molecule has 20 heteroatoms. The molecular formula is C56H62N10O10. The number of nitrogens with zero attached hydrogens (tertiary/aromatic N) is 10. The van der Waals surface area contributed by atoms with Gasteiger partial charge in [0.25, 0.3) is 11.1 Å². The predicted octanol–water partition coefficient (Wildman–Crippen LogP) is 3.88. The largest absolute Gasteiger partial charge is 0.495 e. The van der Waals surface area contributed by atoms with Crippen LogP contribution in [0.2, 0.25) is 0 Å². The highest BCUT2D eigenvalue weighted by Gasteiger charge is 2.22. The lowest BCUT2D eigenvalue weighted by Crippen LogP contribution is -2.47. The Balaban J connectivity index is 0.867. The Morgan fingerprint density at radius 1 is 0.487 bits per heavy atom. The highest BCUT2D eigenvalue weighted by molar-refractivity contribution is 5.92. The summed E-state index contributed by atoms with van der Waals surface area (Å²) in [5, 5.41) is 7.40. The van der Waals surface area contributed by atoms with E-state index in [0.717, 1.165) is 120 Å². The highest BCUT2D eigenvalue weighted by Crippen LogP contribution is 2.29. The highest BCUT2D eigenvalue weighted by atomic mass is 16.7. The Morgan fingerprint density at radius 3 is 1.24 bits per heavy atom. The van der Waals surface area contributed by atoms with Gasteiger partial charge in [0.1, 0.15) is 11.5 Å². The van der Waals surface area contributed by atoms with E-state index in [1.54, 1.807) is 14.2 Å². The zero-order valence-corrected chi connectivity index (χ0v) is 42.7. The fourth-order valence-electron chi connectivity index (χ4n) is 9.29. The van der Waals surface area contributed by atoms with Gasteiger partial charge >= 0.3 is 23.3 Å². The van der Waals surface area contributed by atoms with Gasteiger partial charge in [-0.25, -0.2) is 19.2 Å². The third-order valence-electron chi connectivity index (χ3n) is 13.3. The molecule has 0 spiro atoms. The van der Waals surface area contributed by atoms with Crippen LogP contribution >= 0.6 is 0 Å². The molecule has 2 fully saturated rings. The van der Waals surface area contributed by atoms with Gasteiger partial charge in [-0.2, -0.15) is 0 Å². The van der Waals surface area contributed by atoms with Crippen LogP contribution in [-0.4, -0.2) is 132 Å². The van der Waals surface area contributed by atoms with E-state index >= 15 is 0 Å². The van der Waals surface area contributed by atoms with Crippen molar-refractivity contribution in [1.82, 2.24) is 28.1 Å². The molecule has 0 saturated carbocycles. The third-order valence-corrected chi connectivity index (χ3v) is 13.3. The Kier molecular flexibility index (Phi) is 18.7. The molecule has 396 valence electrons. The number of ether oxygens (including phenoxy) is 2. The Hall–Kier alpha value is -8.62. The summed E-state index contributed by atoms with van der Waals surface area (Å²) in [6.45, 7) is 8.35. The topological polar surface area (TPSA) is 197 Å². The van der Waals surface area contributed by atoms with Crippen LogP contribution in [0.3, 0.4) is 0 Å². The van der Waals surface area contributed by atoms with Crippen molar-refractivity contribution in [2.24, 2.45) is 10.3 Å². The fraction of sp³-hybridized carbons (Fsp3) is 0.321. The first-order valence-electron chi connectivity index (χ1n) is 25.2. The zero-order chi connectivity index (χ0) is 53.2. The summed E-state index contributed by atoms with van der Waals surface area (Å²) in [5.74, 6) is -0.506. The lowest BCUT2D eigenvalue weighted by molar-refractivity contribution is -0.140. The number of hydrogen-bond donors (Lipinski definition) is 0. The van der Waals surface area contributed by atoms with Gasteiger partial charge in [-0.05, 0) is 61.3 Å². The number of hydrogen-bond acceptors (Lipinski definition) is 16. The number of benzene rings is 4. The molecule has 2 aliphatic heterocycles. The van der Waals surface area contributed by atoms with E-state index in [2.05, 4.69) is 29.9 Å². The molecule has 0 N–H and O–H groups in total. The summed E-state index contributed by atoms with van der Waals surface area (Å²) < 4.78 is 16.2. The maximum absolute atomic E-state index is 13.7. The summed E-state index contributed by atoms with van der Waals surface area (Å²) in [7, 11) is 3.32. The van der Waals surface area contributed by atoms with Crippen molar-refractivity contribution in [1.29, 1.82) is 0 Å². The average Bonchev–Trinajstić information content (AvgIpc) is 3.45. The minimum absolute atomic E-state index is 0.0000929. The first kappa shape index (κ1) is 53.7. The van der Waals surface area contributed by atoms with Gasteiger partial charge in [0.05, 0.1) is 62.2 Å². The summed E-state index contributed by atoms with van der Waals surface area (Å²) in [5.41, 5.74) is 1.56. The smallest absolute Gasteiger partial charge is 0.358 e. The van der Waals surface area contributed by atoms with Crippen LogP contribution in [-0.2, 0) is 45.4 Å². The van der Waals surface area contributed by atoms with Crippen molar-refractivity contribution >= 4 is 35.7 Å². The van der Waals surface area contributed by atoms with Crippen molar-refractivity contribution in [3.8, 4) is 11.5 Å². The number of anilines is 2. The molecule has 0 aliphatic carbocycles. The molecule has 2 saturated heterocycles. The third kappa shape index (κ3) is 14.2. The molecule has 0 radical (unpaired) electrons. The van der Waals surface area contributed by atoms with E-state index in [9.17, 15) is 28.8 Å². The van der Waals surface area contributed by atoms with Crippen molar-refractivity contribution < 1.29 is 28.7 Å². The van der Waals surface area contributed by atoms with Crippen LogP contribution in [0.1, 0.15) is 35.1 Å². The van der Waals surface area contributed by atoms with Crippen LogP contribution in [0.25, 0.3) is 0 Å². The molecule has 8 rings (SSSR count). The summed E-state index contributed by atoms with van der Waals surface area (Å²) in [4.78, 5) is 99.2. The van der Waals surface area contributed by atoms with Crippen LogP contribution in [0.5, 0.6) is 11.5 Å². The average molecular weight is 1040 g/mol. The van der Waals surface area contributed by atoms with Crippen molar-refractivity contribution in [2.75, 3.05) is 89.5 Å². The van der Waals surface area contributed by atoms with Crippen LogP contribution in [0.15, 0.2) is 163 Å². The molecule has 4 heterocycles. The van der Waals surface area contributed by atoms with Crippen LogP contribution in [0, 0.1) is 0 Å². The van der Waals surface area contributed by atoms with E-state index in [-0.39, 0.29) is 37.3 Å². The first-order chi connectivity index (χ1) is 37.1. The molecule has 6 aromatic rings. The minimum Gasteiger partial charge on any atom is -0.495 e. The van der Waals surface area contributed by atoms with Gasteiger partial charge < -0.3 is 28.9 Å². The lowest BCUT2D eigenvalue weighted by atomic mass is 10.2. The van der Waals surface area contributed by atoms with Gasteiger partial charge in [-0.15, -0.1) is 0 Å². The predicted molar refractivity (Wildman–Crippen MR) is 290 cm³/mol. The Labute approximate surface area is 439 Å². The van der Waals surface area contributed by atoms with Gasteiger partial charge in [-0.3, -0.25) is 37.7 Å². The van der Waals surface area contributed by atoms with Gasteiger partial charge in [0, 0.05) is 90.0 Å². The monoisotopic (exact) mass is 1030 g/mol. The quantitative estimate of drug-likeness (QED) is 0.0411. The Bertz CT molecular complexity index is 3050.